The zero-order valence-corrected chi connectivity index (χ0v) is 22.0. The van der Waals surface area contributed by atoms with Crippen LogP contribution in [0, 0.1) is 79.3 Å². The Morgan fingerprint density at radius 3 is 1.20 bits per heavy atom. The lowest BCUT2D eigenvalue weighted by Gasteiger charge is -2.11. The van der Waals surface area contributed by atoms with Crippen LogP contribution in [0.3, 0.4) is 0 Å². The second-order valence-corrected chi connectivity index (χ2v) is 9.38. The Morgan fingerprint density at radius 2 is 0.886 bits per heavy atom. The van der Waals surface area contributed by atoms with Crippen molar-refractivity contribution < 1.29 is 13.2 Å². The number of nitrogens with zero attached hydrogens (tertiary/aromatic N) is 7. The molecule has 10 heteroatoms. The van der Waals surface area contributed by atoms with Crippen LogP contribution in [0.25, 0.3) is 33.4 Å². The van der Waals surface area contributed by atoms with Crippen molar-refractivity contribution in [2.24, 2.45) is 0 Å². The maximum absolute atomic E-state index is 13.3. The lowest BCUT2D eigenvalue weighted by Crippen LogP contribution is -2.04. The topological polar surface area (TPSA) is 167 Å². The number of alkyl halides is 3. The number of allylic oxidation sites excluding steroid dienone is 8. The number of hydrogen-bond donors (Lipinski definition) is 0. The molecule has 0 radical (unpaired) electrons. The normalized spacial score (nSPS) is 12.9. The molecule has 0 N–H and O–H groups in total. The van der Waals surface area contributed by atoms with Crippen molar-refractivity contribution in [2.75, 3.05) is 0 Å². The largest absolute Gasteiger partial charge is 0.416 e. The molecule has 0 aromatic heterocycles. The summed E-state index contributed by atoms with van der Waals surface area (Å²) in [4.78, 5) is 0. The monoisotopic (exact) mass is 573 g/mol. The third kappa shape index (κ3) is 4.25. The van der Waals surface area contributed by atoms with Gasteiger partial charge in [-0.05, 0) is 58.7 Å². The van der Waals surface area contributed by atoms with Crippen LogP contribution in [-0.4, -0.2) is 0 Å². The number of benzene rings is 3. The molecule has 7 nitrogen and oxygen atoms in total. The molecule has 5 rings (SSSR count). The highest BCUT2D eigenvalue weighted by Gasteiger charge is 2.37. The van der Waals surface area contributed by atoms with Crippen molar-refractivity contribution in [3.05, 3.63) is 116 Å². The number of halogens is 3. The Balaban J connectivity index is 1.87. The third-order valence-corrected chi connectivity index (χ3v) is 7.21. The Labute approximate surface area is 248 Å². The van der Waals surface area contributed by atoms with Gasteiger partial charge >= 0.3 is 6.18 Å². The fourth-order valence-corrected chi connectivity index (χ4v) is 5.36. The van der Waals surface area contributed by atoms with Gasteiger partial charge in [-0.1, -0.05) is 24.3 Å². The molecule has 0 saturated carbocycles. The molecule has 3 aromatic rings. The first-order chi connectivity index (χ1) is 21.2. The van der Waals surface area contributed by atoms with Gasteiger partial charge in [0.05, 0.1) is 28.3 Å². The molecule has 0 heterocycles. The molecule has 2 aliphatic rings. The Morgan fingerprint density at radius 1 is 0.500 bits per heavy atom. The van der Waals surface area contributed by atoms with E-state index in [1.807, 2.05) is 24.3 Å². The molecule has 0 unspecified atom stereocenters. The summed E-state index contributed by atoms with van der Waals surface area (Å²) in [6.45, 7) is 0. The third-order valence-electron chi connectivity index (χ3n) is 7.21. The van der Waals surface area contributed by atoms with Gasteiger partial charge in [-0.3, -0.25) is 0 Å². The van der Waals surface area contributed by atoms with E-state index in [4.69, 9.17) is 0 Å². The summed E-state index contributed by atoms with van der Waals surface area (Å²) in [5.41, 5.74) is 0.560. The molecule has 2 aliphatic carbocycles. The van der Waals surface area contributed by atoms with Crippen LogP contribution in [0.15, 0.2) is 71.8 Å². The molecule has 0 atom stereocenters. The van der Waals surface area contributed by atoms with Crippen molar-refractivity contribution in [1.29, 1.82) is 36.8 Å². The molecule has 0 aliphatic heterocycles. The van der Waals surface area contributed by atoms with Crippen molar-refractivity contribution >= 4 is 33.4 Å². The molecule has 3 aromatic carbocycles. The zero-order valence-electron chi connectivity index (χ0n) is 22.0. The zero-order chi connectivity index (χ0) is 31.8. The molecular formula is C34H10F3N7. The van der Waals surface area contributed by atoms with Gasteiger partial charge < -0.3 is 0 Å². The Kier molecular flexibility index (Phi) is 6.88. The highest BCUT2D eigenvalue weighted by atomic mass is 19.4. The summed E-state index contributed by atoms with van der Waals surface area (Å²) < 4.78 is 39.8. The first-order valence-corrected chi connectivity index (χ1v) is 12.4. The van der Waals surface area contributed by atoms with Crippen LogP contribution in [0.5, 0.6) is 0 Å². The van der Waals surface area contributed by atoms with E-state index in [1.54, 1.807) is 24.3 Å². The van der Waals surface area contributed by atoms with E-state index in [1.165, 1.54) is 24.3 Å². The summed E-state index contributed by atoms with van der Waals surface area (Å²) in [5.74, 6) is 0. The predicted octanol–water partition coefficient (Wildman–Crippen LogP) is 7.07. The molecule has 44 heavy (non-hydrogen) atoms. The van der Waals surface area contributed by atoms with Crippen LogP contribution < -0.4 is 0 Å². The van der Waals surface area contributed by atoms with Gasteiger partial charge in [-0.2, -0.15) is 50.0 Å². The van der Waals surface area contributed by atoms with Crippen molar-refractivity contribution in [1.82, 2.24) is 0 Å². The van der Waals surface area contributed by atoms with Gasteiger partial charge in [0.15, 0.2) is 0 Å². The number of nitriles is 7. The molecule has 0 spiro atoms. The fourth-order valence-electron chi connectivity index (χ4n) is 5.36. The van der Waals surface area contributed by atoms with Crippen LogP contribution >= 0.6 is 0 Å². The standard InChI is InChI=1S/C34H10F3N7/c35-34(36,37)23-7-5-20(6-8-23)31-29(17-44)25-10-26-24(9-27(25)33(31)22(14-41)15-42)28(16-43)30(32(26)21(12-39)13-40)19-3-1-18(11-38)2-4-19/h1-10H. The highest BCUT2D eigenvalue weighted by Crippen LogP contribution is 2.54. The highest BCUT2D eigenvalue weighted by molar-refractivity contribution is 6.29. The minimum Gasteiger partial charge on any atom is -0.192 e. The van der Waals surface area contributed by atoms with E-state index in [0.717, 1.165) is 24.3 Å². The van der Waals surface area contributed by atoms with E-state index >= 15 is 0 Å². The van der Waals surface area contributed by atoms with Gasteiger partial charge in [0.1, 0.15) is 47.6 Å². The van der Waals surface area contributed by atoms with Gasteiger partial charge in [0.25, 0.3) is 0 Å². The SMILES string of the molecule is N#CC(C#N)=C1C(c2ccc(C#N)cc2)=C(C#N)c2cc3c(cc21)C(C#N)=C(c1ccc(C(F)(F)F)cc1)C3=C(C#N)C#N. The predicted molar refractivity (Wildman–Crippen MR) is 150 cm³/mol. The van der Waals surface area contributed by atoms with E-state index in [-0.39, 0.29) is 66.8 Å². The molecular weight excluding hydrogens is 563 g/mol. The lowest BCUT2D eigenvalue weighted by atomic mass is 9.90. The van der Waals surface area contributed by atoms with E-state index < -0.39 is 17.3 Å². The molecule has 0 saturated heterocycles. The average Bonchev–Trinajstić information content (AvgIpc) is 3.53. The molecule has 202 valence electrons. The summed E-state index contributed by atoms with van der Waals surface area (Å²) in [5, 5.41) is 69.2. The molecule has 0 amide bonds. The van der Waals surface area contributed by atoms with Crippen molar-refractivity contribution in [3.8, 4) is 42.5 Å². The average molecular weight is 573 g/mol. The summed E-state index contributed by atoms with van der Waals surface area (Å²) in [7, 11) is 0. The number of fused-ring (bicyclic) bond motifs is 2. The Bertz CT molecular complexity index is 2220. The Hall–Kier alpha value is -7.16. The maximum Gasteiger partial charge on any atom is 0.416 e. The second kappa shape index (κ2) is 10.7. The van der Waals surface area contributed by atoms with Gasteiger partial charge in [0.2, 0.25) is 0 Å². The van der Waals surface area contributed by atoms with E-state index in [0.29, 0.717) is 11.1 Å². The first-order valence-electron chi connectivity index (χ1n) is 12.4. The van der Waals surface area contributed by atoms with E-state index in [9.17, 15) is 50.0 Å². The summed E-state index contributed by atoms with van der Waals surface area (Å²) in [6.07, 6.45) is -4.62. The quantitative estimate of drug-likeness (QED) is 0.295. The van der Waals surface area contributed by atoms with Crippen LogP contribution in [0.1, 0.15) is 44.5 Å². The maximum atomic E-state index is 13.3. The van der Waals surface area contributed by atoms with Gasteiger partial charge in [-0.15, -0.1) is 0 Å². The molecule has 0 bridgehead atoms. The van der Waals surface area contributed by atoms with Gasteiger partial charge in [0, 0.05) is 33.4 Å². The molecule has 0 fully saturated rings. The number of rotatable bonds is 2. The first kappa shape index (κ1) is 28.4. The van der Waals surface area contributed by atoms with Crippen LogP contribution in [0.4, 0.5) is 13.2 Å². The van der Waals surface area contributed by atoms with Crippen LogP contribution in [0.2, 0.25) is 0 Å². The summed E-state index contributed by atoms with van der Waals surface area (Å²) >= 11 is 0. The van der Waals surface area contributed by atoms with Crippen molar-refractivity contribution in [3.63, 3.8) is 0 Å². The van der Waals surface area contributed by atoms with Crippen LogP contribution in [-0.2, 0) is 6.18 Å². The number of hydrogen-bond acceptors (Lipinski definition) is 7. The van der Waals surface area contributed by atoms with E-state index in [2.05, 4.69) is 6.07 Å². The van der Waals surface area contributed by atoms with Crippen molar-refractivity contribution in [2.45, 2.75) is 6.18 Å². The fraction of sp³-hybridized carbons (Fsp3) is 0.0294. The minimum absolute atomic E-state index is 0.000425. The van der Waals surface area contributed by atoms with Gasteiger partial charge in [-0.25, -0.2) is 0 Å². The smallest absolute Gasteiger partial charge is 0.192 e. The minimum atomic E-state index is -4.62. The second-order valence-electron chi connectivity index (χ2n) is 9.38. The lowest BCUT2D eigenvalue weighted by molar-refractivity contribution is -0.137. The summed E-state index contributed by atoms with van der Waals surface area (Å²) in [6, 6.07) is 26.5.